The monoisotopic (exact) mass is 577 g/mol. The van der Waals surface area contributed by atoms with Gasteiger partial charge in [-0.1, -0.05) is 35.9 Å². The molecule has 0 bridgehead atoms. The summed E-state index contributed by atoms with van der Waals surface area (Å²) >= 11 is 6.74. The summed E-state index contributed by atoms with van der Waals surface area (Å²) in [4.78, 5) is 45.1. The maximum Gasteiger partial charge on any atom is 0.319 e. The Morgan fingerprint density at radius 3 is 2.71 bits per heavy atom. The first-order valence-corrected chi connectivity index (χ1v) is 15.5. The molecule has 0 radical (unpaired) electrons. The van der Waals surface area contributed by atoms with Crippen molar-refractivity contribution in [1.82, 2.24) is 15.1 Å². The average molecular weight is 578 g/mol. The van der Waals surface area contributed by atoms with E-state index in [1.807, 2.05) is 18.2 Å². The molecule has 5 aliphatic rings. The standard InChI is InChI=1S/C32H36ClN3O5/c33-24-10-3-7-20(19-12-13-19)26(24)28(37)32(30(39)40)22(27-21-6-1-2-11-25(21)34-35-27)8-4-9-23(32)29(38)36-16-15-31(18-36)14-5-17-41-31/h3-4,7-8,10,19,22-23H,1-2,5-6,9,11-18H2,(H,34,35)(H,39,40)/t22?,23?,31?,32-/m0/s1. The summed E-state index contributed by atoms with van der Waals surface area (Å²) < 4.78 is 6.07. The predicted octanol–water partition coefficient (Wildman–Crippen LogP) is 5.21. The van der Waals surface area contributed by atoms with Crippen molar-refractivity contribution >= 4 is 29.3 Å². The lowest BCUT2D eigenvalue weighted by molar-refractivity contribution is -0.157. The SMILES string of the molecule is O=C(C1CC=CC(c2n[nH]c3c2CCCC3)[C@@]1(C(=O)O)C(=O)c1c(Cl)cccc1C1CC1)N1CCC2(CCCO2)C1. The highest BCUT2D eigenvalue weighted by Gasteiger charge is 2.63. The second kappa shape index (κ2) is 10.1. The number of aliphatic carboxylic acids is 1. The summed E-state index contributed by atoms with van der Waals surface area (Å²) in [6.07, 6.45) is 11.9. The number of rotatable bonds is 6. The van der Waals surface area contributed by atoms with E-state index in [0.717, 1.165) is 74.6 Å². The van der Waals surface area contributed by atoms with Crippen molar-refractivity contribution in [3.05, 3.63) is 63.5 Å². The molecule has 2 saturated heterocycles. The van der Waals surface area contributed by atoms with Gasteiger partial charge in [0.2, 0.25) is 5.91 Å². The number of benzene rings is 1. The largest absolute Gasteiger partial charge is 0.480 e. The molecule has 2 N–H and O–H groups in total. The zero-order chi connectivity index (χ0) is 28.4. The molecule has 1 spiro atoms. The lowest BCUT2D eigenvalue weighted by atomic mass is 9.57. The molecule has 9 heteroatoms. The van der Waals surface area contributed by atoms with Gasteiger partial charge in [0.1, 0.15) is 0 Å². The number of carboxylic acid groups (broad SMARTS) is 1. The molecule has 8 nitrogen and oxygen atoms in total. The van der Waals surface area contributed by atoms with E-state index in [1.165, 1.54) is 0 Å². The van der Waals surface area contributed by atoms with Gasteiger partial charge in [-0.3, -0.25) is 19.5 Å². The van der Waals surface area contributed by atoms with Crippen LogP contribution in [0.1, 0.15) is 96.1 Å². The van der Waals surface area contributed by atoms with Crippen molar-refractivity contribution in [2.75, 3.05) is 19.7 Å². The maximum absolute atomic E-state index is 15.1. The van der Waals surface area contributed by atoms with Crippen molar-refractivity contribution in [3.8, 4) is 0 Å². The minimum absolute atomic E-state index is 0.160. The van der Waals surface area contributed by atoms with E-state index in [1.54, 1.807) is 17.0 Å². The van der Waals surface area contributed by atoms with Gasteiger partial charge in [-0.2, -0.15) is 5.10 Å². The fourth-order valence-electron chi connectivity index (χ4n) is 8.00. The Balaban J connectivity index is 1.39. The molecule has 7 rings (SSSR count). The Labute approximate surface area is 244 Å². The van der Waals surface area contributed by atoms with Gasteiger partial charge in [0.05, 0.1) is 22.2 Å². The number of halogens is 1. The number of hydrogen-bond donors (Lipinski definition) is 2. The highest BCUT2D eigenvalue weighted by Crippen LogP contribution is 2.54. The van der Waals surface area contributed by atoms with Crippen molar-refractivity contribution in [3.63, 3.8) is 0 Å². The van der Waals surface area contributed by atoms with Gasteiger partial charge in [-0.15, -0.1) is 0 Å². The number of aryl methyl sites for hydroxylation is 1. The third-order valence-electron chi connectivity index (χ3n) is 10.3. The number of allylic oxidation sites excluding steroid dienone is 2. The molecular formula is C32H36ClN3O5. The lowest BCUT2D eigenvalue weighted by Gasteiger charge is -2.43. The Morgan fingerprint density at radius 2 is 1.95 bits per heavy atom. The van der Waals surface area contributed by atoms with Crippen LogP contribution in [-0.4, -0.2) is 63.2 Å². The molecule has 3 heterocycles. The number of ketones is 1. The number of H-pyrrole nitrogens is 1. The Bertz CT molecular complexity index is 1440. The van der Waals surface area contributed by atoms with E-state index in [2.05, 4.69) is 10.2 Å². The minimum Gasteiger partial charge on any atom is -0.480 e. The number of carbonyl (C=O) groups excluding carboxylic acids is 2. The molecule has 1 aromatic heterocycles. The summed E-state index contributed by atoms with van der Waals surface area (Å²) in [6, 6.07) is 5.35. The van der Waals surface area contributed by atoms with E-state index in [9.17, 15) is 14.7 Å². The van der Waals surface area contributed by atoms with Crippen LogP contribution in [-0.2, 0) is 27.2 Å². The van der Waals surface area contributed by atoms with Crippen molar-refractivity contribution < 1.29 is 24.2 Å². The zero-order valence-corrected chi connectivity index (χ0v) is 23.9. The molecule has 2 aliphatic heterocycles. The predicted molar refractivity (Wildman–Crippen MR) is 152 cm³/mol. The third-order valence-corrected chi connectivity index (χ3v) is 10.6. The summed E-state index contributed by atoms with van der Waals surface area (Å²) in [7, 11) is 0. The number of fused-ring (bicyclic) bond motifs is 1. The number of carboxylic acids is 1. The number of aromatic amines is 1. The number of likely N-dealkylation sites (tertiary alicyclic amines) is 1. The van der Waals surface area contributed by atoms with E-state index >= 15 is 4.79 Å². The van der Waals surface area contributed by atoms with E-state index < -0.39 is 29.0 Å². The average Bonchev–Trinajstić information content (AvgIpc) is 3.37. The number of carbonyl (C=O) groups is 3. The number of nitrogens with one attached hydrogen (secondary N) is 1. The van der Waals surface area contributed by atoms with Crippen LogP contribution in [0.3, 0.4) is 0 Å². The topological polar surface area (TPSA) is 113 Å². The Morgan fingerprint density at radius 1 is 1.12 bits per heavy atom. The summed E-state index contributed by atoms with van der Waals surface area (Å²) in [6.45, 7) is 1.59. The van der Waals surface area contributed by atoms with Gasteiger partial charge in [-0.25, -0.2) is 0 Å². The first kappa shape index (κ1) is 26.9. The van der Waals surface area contributed by atoms with Gasteiger partial charge in [-0.05, 0) is 87.3 Å². The molecule has 2 aromatic rings. The Hall–Kier alpha value is -2.97. The number of Topliss-reactive ketones (excluding diaryl/α,β-unsaturated/α-hetero) is 1. The molecule has 1 saturated carbocycles. The van der Waals surface area contributed by atoms with Gasteiger partial charge in [0.25, 0.3) is 0 Å². The minimum atomic E-state index is -2.09. The van der Waals surface area contributed by atoms with E-state index in [4.69, 9.17) is 16.3 Å². The summed E-state index contributed by atoms with van der Waals surface area (Å²) in [5.74, 6) is -4.01. The smallest absolute Gasteiger partial charge is 0.319 e. The highest BCUT2D eigenvalue weighted by molar-refractivity contribution is 6.35. The lowest BCUT2D eigenvalue weighted by Crippen LogP contribution is -2.56. The van der Waals surface area contributed by atoms with Crippen LogP contribution in [0.2, 0.25) is 5.02 Å². The molecular weight excluding hydrogens is 542 g/mol. The quantitative estimate of drug-likeness (QED) is 0.277. The van der Waals surface area contributed by atoms with Crippen LogP contribution in [0.4, 0.5) is 0 Å². The first-order valence-electron chi connectivity index (χ1n) is 15.1. The van der Waals surface area contributed by atoms with E-state index in [0.29, 0.717) is 25.4 Å². The van der Waals surface area contributed by atoms with Crippen LogP contribution in [0, 0.1) is 11.3 Å². The van der Waals surface area contributed by atoms with Crippen LogP contribution < -0.4 is 0 Å². The number of ether oxygens (including phenoxy) is 1. The molecule has 3 unspecified atom stereocenters. The molecule has 3 fully saturated rings. The number of amides is 1. The van der Waals surface area contributed by atoms with Crippen molar-refractivity contribution in [2.45, 2.75) is 81.6 Å². The molecule has 41 heavy (non-hydrogen) atoms. The summed E-state index contributed by atoms with van der Waals surface area (Å²) in [5.41, 5.74) is 1.13. The van der Waals surface area contributed by atoms with Gasteiger partial charge in [0, 0.05) is 36.9 Å². The van der Waals surface area contributed by atoms with Crippen molar-refractivity contribution in [2.24, 2.45) is 11.3 Å². The van der Waals surface area contributed by atoms with Gasteiger partial charge in [0.15, 0.2) is 11.2 Å². The fourth-order valence-corrected chi connectivity index (χ4v) is 8.27. The molecule has 1 amide bonds. The first-order chi connectivity index (χ1) is 19.9. The van der Waals surface area contributed by atoms with Gasteiger partial charge < -0.3 is 14.7 Å². The summed E-state index contributed by atoms with van der Waals surface area (Å²) in [5, 5.41) is 19.3. The van der Waals surface area contributed by atoms with Crippen LogP contribution in [0.5, 0.6) is 0 Å². The molecule has 1 aromatic carbocycles. The van der Waals surface area contributed by atoms with Crippen LogP contribution in [0.15, 0.2) is 30.4 Å². The number of aromatic nitrogens is 2. The van der Waals surface area contributed by atoms with E-state index in [-0.39, 0.29) is 34.4 Å². The zero-order valence-electron chi connectivity index (χ0n) is 23.2. The normalized spacial score (nSPS) is 31.0. The molecule has 216 valence electrons. The maximum atomic E-state index is 15.1. The number of hydrogen-bond acceptors (Lipinski definition) is 5. The van der Waals surface area contributed by atoms with Gasteiger partial charge >= 0.3 is 5.97 Å². The highest BCUT2D eigenvalue weighted by atomic mass is 35.5. The second-order valence-corrected chi connectivity index (χ2v) is 13.0. The number of nitrogens with zero attached hydrogens (tertiary/aromatic N) is 2. The fraction of sp³-hybridized carbons (Fsp3) is 0.562. The van der Waals surface area contributed by atoms with Crippen LogP contribution in [0.25, 0.3) is 0 Å². The van der Waals surface area contributed by atoms with Crippen molar-refractivity contribution in [1.29, 1.82) is 0 Å². The molecule has 4 atom stereocenters. The molecule has 3 aliphatic carbocycles. The third kappa shape index (κ3) is 4.20. The van der Waals surface area contributed by atoms with Crippen LogP contribution >= 0.6 is 11.6 Å². The Kier molecular flexibility index (Phi) is 6.62. The second-order valence-electron chi connectivity index (χ2n) is 12.6.